The average Bonchev–Trinajstić information content (AvgIpc) is 3.15. The van der Waals surface area contributed by atoms with Gasteiger partial charge < -0.3 is 18.9 Å². The first-order chi connectivity index (χ1) is 27.0. The van der Waals surface area contributed by atoms with Crippen molar-refractivity contribution in [1.29, 1.82) is 0 Å². The third kappa shape index (κ3) is 40.6. The summed E-state index contributed by atoms with van der Waals surface area (Å²) in [6, 6.07) is 0. The number of nitrogens with zero attached hydrogens (tertiary/aromatic N) is 1. The SMILES string of the molecule is CC/C=C\C/C=C\C/C=C\C/C=C\C/C=C\CC(=O)OC(COC(=O)CCCCCCCCC/C=C\C/C=C\C/C=C\CC)COP(=O)(O)OCC[N+](C)(C)C. The summed E-state index contributed by atoms with van der Waals surface area (Å²) in [5.74, 6) is -0.969. The Labute approximate surface area is 341 Å². The molecule has 0 aromatic carbocycles. The lowest BCUT2D eigenvalue weighted by molar-refractivity contribution is -0.870. The van der Waals surface area contributed by atoms with Gasteiger partial charge in [-0.3, -0.25) is 18.6 Å². The van der Waals surface area contributed by atoms with Crippen molar-refractivity contribution in [3.63, 3.8) is 0 Å². The predicted molar refractivity (Wildman–Crippen MR) is 233 cm³/mol. The van der Waals surface area contributed by atoms with Gasteiger partial charge in [0.15, 0.2) is 6.10 Å². The number of carbonyl (C=O) groups is 2. The van der Waals surface area contributed by atoms with Gasteiger partial charge in [-0.25, -0.2) is 4.57 Å². The molecule has 0 rings (SSSR count). The van der Waals surface area contributed by atoms with Gasteiger partial charge in [-0.2, -0.15) is 0 Å². The Balaban J connectivity index is 4.54. The van der Waals surface area contributed by atoms with E-state index in [-0.39, 0.29) is 26.1 Å². The number of esters is 2. The molecule has 0 heterocycles. The first-order valence-electron chi connectivity index (χ1n) is 21.0. The normalized spacial score (nSPS) is 14.6. The summed E-state index contributed by atoms with van der Waals surface area (Å²) >= 11 is 0. The summed E-state index contributed by atoms with van der Waals surface area (Å²) < 4.78 is 34.1. The summed E-state index contributed by atoms with van der Waals surface area (Å²) in [6.07, 6.45) is 49.2. The van der Waals surface area contributed by atoms with Crippen LogP contribution in [0.3, 0.4) is 0 Å². The minimum Gasteiger partial charge on any atom is -0.462 e. The maximum atomic E-state index is 12.6. The van der Waals surface area contributed by atoms with E-state index >= 15 is 0 Å². The number of unbranched alkanes of at least 4 members (excludes halogenated alkanes) is 7. The molecule has 1 N–H and O–H groups in total. The standard InChI is InChI=1S/C46H76NO8P/c1-6-8-10-12-14-16-18-20-22-23-25-26-28-30-32-34-36-38-45(48)52-42-44(43-54-56(50,51)53-41-40-47(3,4)5)55-46(49)39-37-35-33-31-29-27-24-21-19-17-15-13-11-9-7-2/h8-11,14-17,20-22,24,29,31,35,37,44H,6-7,12-13,18-19,23,25-28,30,32-34,36,38-43H2,1-5H3/p+1/b10-8-,11-9-,16-14-,17-15-,22-20-,24-21-,31-29-,37-35-. The number of quaternary nitrogens is 1. The van der Waals surface area contributed by atoms with Crippen LogP contribution in [-0.4, -0.2) is 74.9 Å². The number of hydrogen-bond donors (Lipinski definition) is 1. The van der Waals surface area contributed by atoms with Crippen LogP contribution in [0.1, 0.15) is 129 Å². The van der Waals surface area contributed by atoms with Crippen molar-refractivity contribution in [3.05, 3.63) is 97.2 Å². The van der Waals surface area contributed by atoms with Crippen molar-refractivity contribution in [2.45, 2.75) is 136 Å². The molecule has 0 fully saturated rings. The second-order valence-corrected chi connectivity index (χ2v) is 16.1. The highest BCUT2D eigenvalue weighted by Gasteiger charge is 2.26. The highest BCUT2D eigenvalue weighted by molar-refractivity contribution is 7.47. The monoisotopic (exact) mass is 803 g/mol. The maximum absolute atomic E-state index is 12.6. The second kappa shape index (κ2) is 37.5. The lowest BCUT2D eigenvalue weighted by atomic mass is 10.1. The first kappa shape index (κ1) is 52.9. The molecule has 0 radical (unpaired) electrons. The quantitative estimate of drug-likeness (QED) is 0.0219. The lowest BCUT2D eigenvalue weighted by Crippen LogP contribution is -2.37. The van der Waals surface area contributed by atoms with Crippen molar-refractivity contribution < 1.29 is 42.1 Å². The van der Waals surface area contributed by atoms with E-state index in [1.165, 1.54) is 19.3 Å². The maximum Gasteiger partial charge on any atom is 0.472 e. The number of ether oxygens (including phenoxy) is 2. The Morgan fingerprint density at radius 3 is 1.52 bits per heavy atom. The molecule has 56 heavy (non-hydrogen) atoms. The van der Waals surface area contributed by atoms with Crippen LogP contribution in [0.15, 0.2) is 97.2 Å². The van der Waals surface area contributed by atoms with E-state index in [9.17, 15) is 19.0 Å². The fourth-order valence-corrected chi connectivity index (χ4v) is 5.67. The van der Waals surface area contributed by atoms with Gasteiger partial charge in [0, 0.05) is 6.42 Å². The first-order valence-corrected chi connectivity index (χ1v) is 22.5. The molecule has 0 bridgehead atoms. The van der Waals surface area contributed by atoms with Gasteiger partial charge in [-0.15, -0.1) is 0 Å². The summed E-state index contributed by atoms with van der Waals surface area (Å²) in [5.41, 5.74) is 0. The molecule has 0 saturated carbocycles. The highest BCUT2D eigenvalue weighted by atomic mass is 31.2. The van der Waals surface area contributed by atoms with Crippen molar-refractivity contribution in [1.82, 2.24) is 0 Å². The Bertz CT molecular complexity index is 1270. The van der Waals surface area contributed by atoms with Gasteiger partial charge >= 0.3 is 19.8 Å². The van der Waals surface area contributed by atoms with Crippen LogP contribution >= 0.6 is 7.82 Å². The summed E-state index contributed by atoms with van der Waals surface area (Å²) in [5, 5.41) is 0. The molecule has 2 atom stereocenters. The van der Waals surface area contributed by atoms with Gasteiger partial charge in [-0.1, -0.05) is 143 Å². The number of phosphoric acid groups is 1. The van der Waals surface area contributed by atoms with Crippen LogP contribution in [0.2, 0.25) is 0 Å². The van der Waals surface area contributed by atoms with Crippen molar-refractivity contribution >= 4 is 19.8 Å². The Hall–Kier alpha value is -3.07. The molecule has 0 spiro atoms. The summed E-state index contributed by atoms with van der Waals surface area (Å²) in [6.45, 7) is 4.04. The van der Waals surface area contributed by atoms with Gasteiger partial charge in [0.1, 0.15) is 19.8 Å². The van der Waals surface area contributed by atoms with E-state index in [1.54, 1.807) is 6.08 Å². The van der Waals surface area contributed by atoms with E-state index < -0.39 is 32.5 Å². The predicted octanol–water partition coefficient (Wildman–Crippen LogP) is 11.8. The molecule has 0 aliphatic carbocycles. The molecule has 318 valence electrons. The van der Waals surface area contributed by atoms with Crippen molar-refractivity contribution in [2.75, 3.05) is 47.5 Å². The van der Waals surface area contributed by atoms with Crippen LogP contribution in [-0.2, 0) is 32.7 Å². The number of phosphoric ester groups is 1. The Morgan fingerprint density at radius 2 is 1.02 bits per heavy atom. The zero-order chi connectivity index (χ0) is 41.4. The van der Waals surface area contributed by atoms with E-state index in [1.807, 2.05) is 33.3 Å². The number of hydrogen-bond acceptors (Lipinski definition) is 7. The minimum atomic E-state index is -4.41. The molecule has 0 aliphatic heterocycles. The summed E-state index contributed by atoms with van der Waals surface area (Å²) in [7, 11) is 1.40. The van der Waals surface area contributed by atoms with Gasteiger partial charge in [0.05, 0.1) is 34.2 Å². The van der Waals surface area contributed by atoms with E-state index in [0.29, 0.717) is 23.9 Å². The molecule has 0 amide bonds. The Morgan fingerprint density at radius 1 is 0.571 bits per heavy atom. The third-order valence-corrected chi connectivity index (χ3v) is 9.13. The fraction of sp³-hybridized carbons (Fsp3) is 0.609. The molecule has 2 unspecified atom stereocenters. The Kier molecular flexibility index (Phi) is 35.4. The molecule has 0 aliphatic rings. The zero-order valence-corrected chi connectivity index (χ0v) is 36.5. The lowest BCUT2D eigenvalue weighted by Gasteiger charge is -2.24. The number of rotatable bonds is 36. The molecule has 0 aromatic rings. The molecule has 0 saturated heterocycles. The molecular weight excluding hydrogens is 725 g/mol. The molecule has 0 aromatic heterocycles. The van der Waals surface area contributed by atoms with Crippen molar-refractivity contribution in [3.8, 4) is 0 Å². The van der Waals surface area contributed by atoms with Crippen LogP contribution in [0, 0.1) is 0 Å². The van der Waals surface area contributed by atoms with Crippen molar-refractivity contribution in [2.24, 2.45) is 0 Å². The number of carbonyl (C=O) groups excluding carboxylic acids is 2. The molecule has 9 nitrogen and oxygen atoms in total. The van der Waals surface area contributed by atoms with Gasteiger partial charge in [-0.05, 0) is 70.6 Å². The van der Waals surface area contributed by atoms with Crippen LogP contribution in [0.5, 0.6) is 0 Å². The van der Waals surface area contributed by atoms with Gasteiger partial charge in [0.2, 0.25) is 0 Å². The second-order valence-electron chi connectivity index (χ2n) is 14.6. The molecule has 10 heteroatoms. The van der Waals surface area contributed by atoms with E-state index in [4.69, 9.17) is 18.5 Å². The fourth-order valence-electron chi connectivity index (χ4n) is 4.93. The largest absolute Gasteiger partial charge is 0.472 e. The average molecular weight is 803 g/mol. The summed E-state index contributed by atoms with van der Waals surface area (Å²) in [4.78, 5) is 35.3. The molecular formula is C46H77NO8P+. The highest BCUT2D eigenvalue weighted by Crippen LogP contribution is 2.43. The minimum absolute atomic E-state index is 0.000475. The zero-order valence-electron chi connectivity index (χ0n) is 35.6. The van der Waals surface area contributed by atoms with E-state index in [2.05, 4.69) is 92.8 Å². The number of allylic oxidation sites excluding steroid dienone is 15. The van der Waals surface area contributed by atoms with Crippen LogP contribution in [0.4, 0.5) is 0 Å². The van der Waals surface area contributed by atoms with Crippen LogP contribution in [0.25, 0.3) is 0 Å². The topological polar surface area (TPSA) is 108 Å². The third-order valence-electron chi connectivity index (χ3n) is 8.14. The smallest absolute Gasteiger partial charge is 0.462 e. The van der Waals surface area contributed by atoms with Gasteiger partial charge in [0.25, 0.3) is 0 Å². The van der Waals surface area contributed by atoms with E-state index in [0.717, 1.165) is 70.6 Å². The number of likely N-dealkylation sites (N-methyl/N-ethyl adjacent to an activating group) is 1. The van der Waals surface area contributed by atoms with Crippen LogP contribution < -0.4 is 0 Å².